The lowest BCUT2D eigenvalue weighted by Crippen LogP contribution is -2.11. The van der Waals surface area contributed by atoms with Gasteiger partial charge in [-0.1, -0.05) is 13.8 Å². The van der Waals surface area contributed by atoms with Crippen molar-refractivity contribution in [3.05, 3.63) is 39.8 Å². The Morgan fingerprint density at radius 3 is 2.79 bits per heavy atom. The maximum absolute atomic E-state index is 11.7. The normalized spacial score (nSPS) is 10.7. The molecule has 0 atom stereocenters. The van der Waals surface area contributed by atoms with E-state index in [0.29, 0.717) is 5.82 Å². The molecule has 0 aliphatic rings. The molecular formula is C11H12N4O4. The van der Waals surface area contributed by atoms with Gasteiger partial charge in [-0.25, -0.2) is 0 Å². The van der Waals surface area contributed by atoms with E-state index in [1.165, 1.54) is 6.07 Å². The van der Waals surface area contributed by atoms with E-state index in [4.69, 9.17) is 4.42 Å². The number of hydrogen-bond donors (Lipinski definition) is 2. The molecule has 0 saturated carbocycles. The van der Waals surface area contributed by atoms with Crippen molar-refractivity contribution >= 4 is 17.6 Å². The smallest absolute Gasteiger partial charge is 0.395 e. The minimum absolute atomic E-state index is 0.138. The topological polar surface area (TPSA) is 114 Å². The number of nitro groups is 1. The van der Waals surface area contributed by atoms with E-state index in [2.05, 4.69) is 15.5 Å². The Morgan fingerprint density at radius 1 is 1.53 bits per heavy atom. The van der Waals surface area contributed by atoms with Gasteiger partial charge >= 0.3 is 5.88 Å². The van der Waals surface area contributed by atoms with E-state index in [-0.39, 0.29) is 11.7 Å². The Hall–Kier alpha value is -2.64. The number of hydrogen-bond acceptors (Lipinski definition) is 5. The zero-order valence-corrected chi connectivity index (χ0v) is 10.3. The van der Waals surface area contributed by atoms with Crippen LogP contribution in [0.1, 0.15) is 36.0 Å². The maximum Gasteiger partial charge on any atom is 0.433 e. The van der Waals surface area contributed by atoms with E-state index < -0.39 is 16.7 Å². The number of aromatic nitrogens is 2. The first-order chi connectivity index (χ1) is 8.97. The van der Waals surface area contributed by atoms with Gasteiger partial charge in [0.05, 0.1) is 6.07 Å². The van der Waals surface area contributed by atoms with Gasteiger partial charge in [0.2, 0.25) is 0 Å². The van der Waals surface area contributed by atoms with Crippen LogP contribution in [0, 0.1) is 10.1 Å². The van der Waals surface area contributed by atoms with E-state index in [9.17, 15) is 14.9 Å². The molecule has 8 nitrogen and oxygen atoms in total. The molecule has 0 saturated heterocycles. The molecule has 2 heterocycles. The summed E-state index contributed by atoms with van der Waals surface area (Å²) in [5.74, 6) is -0.610. The Labute approximate surface area is 108 Å². The van der Waals surface area contributed by atoms with Gasteiger partial charge in [0, 0.05) is 11.8 Å². The molecule has 0 spiro atoms. The molecule has 2 aromatic heterocycles. The lowest BCUT2D eigenvalue weighted by Gasteiger charge is -1.98. The highest BCUT2D eigenvalue weighted by atomic mass is 16.6. The molecule has 0 unspecified atom stereocenters. The largest absolute Gasteiger partial charge is 0.433 e. The molecule has 100 valence electrons. The molecule has 0 aliphatic carbocycles. The fourth-order valence-corrected chi connectivity index (χ4v) is 1.42. The van der Waals surface area contributed by atoms with Gasteiger partial charge in [-0.15, -0.1) is 0 Å². The molecule has 2 rings (SSSR count). The molecule has 0 bridgehead atoms. The highest BCUT2D eigenvalue weighted by Crippen LogP contribution is 2.18. The van der Waals surface area contributed by atoms with Crippen LogP contribution < -0.4 is 5.32 Å². The van der Waals surface area contributed by atoms with Crippen LogP contribution in [0.5, 0.6) is 0 Å². The zero-order valence-electron chi connectivity index (χ0n) is 10.3. The number of anilines is 1. The summed E-state index contributed by atoms with van der Waals surface area (Å²) in [6.07, 6.45) is 0. The summed E-state index contributed by atoms with van der Waals surface area (Å²) in [6.45, 7) is 3.96. The molecular weight excluding hydrogens is 252 g/mol. The van der Waals surface area contributed by atoms with Crippen LogP contribution in [0.3, 0.4) is 0 Å². The molecule has 0 aliphatic heterocycles. The van der Waals surface area contributed by atoms with Crippen molar-refractivity contribution in [1.29, 1.82) is 0 Å². The van der Waals surface area contributed by atoms with Gasteiger partial charge in [-0.05, 0) is 12.0 Å². The van der Waals surface area contributed by atoms with Crippen LogP contribution in [0.15, 0.2) is 22.6 Å². The lowest BCUT2D eigenvalue weighted by atomic mass is 10.1. The van der Waals surface area contributed by atoms with Crippen molar-refractivity contribution in [2.75, 3.05) is 5.32 Å². The minimum atomic E-state index is -0.706. The van der Waals surface area contributed by atoms with Crippen molar-refractivity contribution in [2.24, 2.45) is 0 Å². The first-order valence-electron chi connectivity index (χ1n) is 5.58. The van der Waals surface area contributed by atoms with Crippen molar-refractivity contribution < 1.29 is 14.1 Å². The fraction of sp³-hybridized carbons (Fsp3) is 0.273. The van der Waals surface area contributed by atoms with Gasteiger partial charge in [0.15, 0.2) is 11.6 Å². The van der Waals surface area contributed by atoms with Gasteiger partial charge in [-0.3, -0.25) is 20.0 Å². The van der Waals surface area contributed by atoms with E-state index >= 15 is 0 Å². The number of amides is 1. The second-order valence-electron chi connectivity index (χ2n) is 4.21. The Kier molecular flexibility index (Phi) is 3.32. The second kappa shape index (κ2) is 4.92. The van der Waals surface area contributed by atoms with Crippen LogP contribution in [-0.4, -0.2) is 21.0 Å². The van der Waals surface area contributed by atoms with E-state index in [1.54, 1.807) is 6.07 Å². The van der Waals surface area contributed by atoms with E-state index in [1.807, 2.05) is 13.8 Å². The molecule has 0 aromatic carbocycles. The predicted molar refractivity (Wildman–Crippen MR) is 66.0 cm³/mol. The molecule has 2 N–H and O–H groups in total. The summed E-state index contributed by atoms with van der Waals surface area (Å²) in [4.78, 5) is 21.5. The summed E-state index contributed by atoms with van der Waals surface area (Å²) in [5, 5.41) is 19.6. The summed E-state index contributed by atoms with van der Waals surface area (Å²) < 4.78 is 4.78. The Balaban J connectivity index is 2.09. The number of aromatic amines is 1. The standard InChI is InChI=1S/C11H12N4O4/c1-6(2)7-5-9(14-13-7)12-11(16)8-3-4-10(19-8)15(17)18/h3-6H,1-2H3,(H2,12,13,14,16). The quantitative estimate of drug-likeness (QED) is 0.649. The number of nitrogens with one attached hydrogen (secondary N) is 2. The van der Waals surface area contributed by atoms with Crippen LogP contribution in [-0.2, 0) is 0 Å². The number of carbonyl (C=O) groups excluding carboxylic acids is 1. The van der Waals surface area contributed by atoms with Gasteiger partial charge < -0.3 is 9.73 Å². The van der Waals surface area contributed by atoms with Crippen molar-refractivity contribution in [3.63, 3.8) is 0 Å². The first-order valence-corrected chi connectivity index (χ1v) is 5.58. The molecule has 0 fully saturated rings. The highest BCUT2D eigenvalue weighted by Gasteiger charge is 2.18. The van der Waals surface area contributed by atoms with Crippen LogP contribution in [0.4, 0.5) is 11.7 Å². The zero-order chi connectivity index (χ0) is 14.0. The average Bonchev–Trinajstić information content (AvgIpc) is 2.96. The molecule has 1 amide bonds. The summed E-state index contributed by atoms with van der Waals surface area (Å²) in [7, 11) is 0. The molecule has 0 radical (unpaired) electrons. The van der Waals surface area contributed by atoms with E-state index in [0.717, 1.165) is 11.8 Å². The van der Waals surface area contributed by atoms with Crippen molar-refractivity contribution in [1.82, 2.24) is 10.2 Å². The first kappa shape index (κ1) is 12.8. The van der Waals surface area contributed by atoms with Crippen molar-refractivity contribution in [2.45, 2.75) is 19.8 Å². The third-order valence-electron chi connectivity index (χ3n) is 2.46. The molecule has 2 aromatic rings. The number of rotatable bonds is 4. The van der Waals surface area contributed by atoms with Crippen LogP contribution in [0.2, 0.25) is 0 Å². The molecule has 8 heteroatoms. The third kappa shape index (κ3) is 2.79. The molecule has 19 heavy (non-hydrogen) atoms. The second-order valence-corrected chi connectivity index (χ2v) is 4.21. The number of H-pyrrole nitrogens is 1. The van der Waals surface area contributed by atoms with Crippen LogP contribution in [0.25, 0.3) is 0 Å². The van der Waals surface area contributed by atoms with Crippen LogP contribution >= 0.6 is 0 Å². The third-order valence-corrected chi connectivity index (χ3v) is 2.46. The summed E-state index contributed by atoms with van der Waals surface area (Å²) in [5.41, 5.74) is 0.876. The SMILES string of the molecule is CC(C)c1cc(NC(=O)c2ccc([N+](=O)[O-])o2)n[nH]1. The lowest BCUT2D eigenvalue weighted by molar-refractivity contribution is -0.402. The Bertz CT molecular complexity index is 614. The fourth-order valence-electron chi connectivity index (χ4n) is 1.42. The van der Waals surface area contributed by atoms with Gasteiger partial charge in [0.1, 0.15) is 4.92 Å². The average molecular weight is 264 g/mol. The Morgan fingerprint density at radius 2 is 2.26 bits per heavy atom. The number of carbonyl (C=O) groups is 1. The summed E-state index contributed by atoms with van der Waals surface area (Å²) in [6, 6.07) is 4.06. The highest BCUT2D eigenvalue weighted by molar-refractivity contribution is 6.01. The number of nitrogens with zero attached hydrogens (tertiary/aromatic N) is 2. The van der Waals surface area contributed by atoms with Gasteiger partial charge in [-0.2, -0.15) is 5.10 Å². The number of furan rings is 1. The minimum Gasteiger partial charge on any atom is -0.395 e. The summed E-state index contributed by atoms with van der Waals surface area (Å²) >= 11 is 0. The maximum atomic E-state index is 11.7. The van der Waals surface area contributed by atoms with Crippen molar-refractivity contribution in [3.8, 4) is 0 Å². The van der Waals surface area contributed by atoms with Gasteiger partial charge in [0.25, 0.3) is 5.91 Å². The monoisotopic (exact) mass is 264 g/mol. The predicted octanol–water partition coefficient (Wildman–Crippen LogP) is 2.29.